The molecule has 5 aromatic rings. The number of aromatic nitrogens is 3. The summed E-state index contributed by atoms with van der Waals surface area (Å²) in [5.74, 6) is 0.0591. The predicted octanol–water partition coefficient (Wildman–Crippen LogP) is 5.28. The molecular weight excluding hydrogens is 477 g/mol. The SMILES string of the molecule is O=C(Cc1cccc(OC(F)(F)F)c1)Nc1ccc(Oc2ccnc3[nH]c(=O)[nH]c23)c2ccccc12. The number of benzene rings is 3. The Morgan fingerprint density at radius 3 is 2.56 bits per heavy atom. The first kappa shape index (κ1) is 23.0. The van der Waals surface area contributed by atoms with Gasteiger partial charge < -0.3 is 19.8 Å². The number of carbonyl (C=O) groups is 1. The van der Waals surface area contributed by atoms with Crippen LogP contribution in [0.3, 0.4) is 0 Å². The molecule has 0 fully saturated rings. The molecule has 0 spiro atoms. The second-order valence-corrected chi connectivity index (χ2v) is 7.79. The minimum absolute atomic E-state index is 0.155. The van der Waals surface area contributed by atoms with Gasteiger partial charge in [0.15, 0.2) is 11.4 Å². The number of fused-ring (bicyclic) bond motifs is 2. The van der Waals surface area contributed by atoms with Gasteiger partial charge in [-0.3, -0.25) is 9.78 Å². The number of amides is 1. The molecule has 0 aliphatic rings. The molecule has 2 aromatic heterocycles. The zero-order chi connectivity index (χ0) is 25.3. The second kappa shape index (κ2) is 9.10. The van der Waals surface area contributed by atoms with Crippen molar-refractivity contribution in [1.29, 1.82) is 0 Å². The number of aromatic amines is 2. The number of pyridine rings is 1. The molecule has 3 aromatic carbocycles. The summed E-state index contributed by atoms with van der Waals surface area (Å²) in [6.45, 7) is 0. The number of hydrogen-bond donors (Lipinski definition) is 3. The van der Waals surface area contributed by atoms with Crippen molar-refractivity contribution >= 4 is 33.5 Å². The summed E-state index contributed by atoms with van der Waals surface area (Å²) in [7, 11) is 0. The van der Waals surface area contributed by atoms with Crippen LogP contribution in [0.1, 0.15) is 5.56 Å². The van der Waals surface area contributed by atoms with Crippen molar-refractivity contribution in [3.8, 4) is 17.2 Å². The summed E-state index contributed by atoms with van der Waals surface area (Å²) in [6, 6.07) is 17.5. The van der Waals surface area contributed by atoms with Gasteiger partial charge in [-0.15, -0.1) is 13.2 Å². The Kier molecular flexibility index (Phi) is 5.80. The number of ether oxygens (including phenoxy) is 2. The fourth-order valence-electron chi connectivity index (χ4n) is 3.82. The van der Waals surface area contributed by atoms with Crippen molar-refractivity contribution in [2.45, 2.75) is 12.8 Å². The number of imidazole rings is 1. The number of carbonyl (C=O) groups excluding carboxylic acids is 1. The zero-order valence-corrected chi connectivity index (χ0v) is 18.3. The average molecular weight is 494 g/mol. The van der Waals surface area contributed by atoms with E-state index in [1.54, 1.807) is 36.4 Å². The standard InChI is InChI=1S/C25H17F3N4O4/c26-25(27,28)36-15-5-3-4-14(12-15)13-21(33)30-18-8-9-19(17-7-2-1-6-16(17)18)35-20-10-11-29-23-22(20)31-24(34)32-23/h1-12H,13H2,(H,30,33)(H2,29,31,32,34). The van der Waals surface area contributed by atoms with E-state index in [0.29, 0.717) is 44.7 Å². The topological polar surface area (TPSA) is 109 Å². The number of H-pyrrole nitrogens is 2. The van der Waals surface area contributed by atoms with Gasteiger partial charge in [0.2, 0.25) is 5.91 Å². The lowest BCUT2D eigenvalue weighted by Gasteiger charge is -2.14. The van der Waals surface area contributed by atoms with Crippen molar-refractivity contribution in [1.82, 2.24) is 15.0 Å². The first-order chi connectivity index (χ1) is 17.2. The van der Waals surface area contributed by atoms with Crippen LogP contribution in [0.5, 0.6) is 17.2 Å². The quantitative estimate of drug-likeness (QED) is 0.298. The molecule has 0 atom stereocenters. The molecule has 11 heteroatoms. The number of hydrogen-bond acceptors (Lipinski definition) is 5. The molecule has 182 valence electrons. The van der Waals surface area contributed by atoms with Crippen LogP contribution in [0.15, 0.2) is 77.7 Å². The molecule has 0 unspecified atom stereocenters. The third-order valence-electron chi connectivity index (χ3n) is 5.26. The Hall–Kier alpha value is -4.80. The van der Waals surface area contributed by atoms with Crippen molar-refractivity contribution in [3.05, 3.63) is 89.0 Å². The highest BCUT2D eigenvalue weighted by atomic mass is 19.4. The van der Waals surface area contributed by atoms with E-state index in [2.05, 4.69) is 25.0 Å². The van der Waals surface area contributed by atoms with Crippen molar-refractivity contribution in [2.75, 3.05) is 5.32 Å². The molecule has 3 N–H and O–H groups in total. The molecule has 36 heavy (non-hydrogen) atoms. The summed E-state index contributed by atoms with van der Waals surface area (Å²) in [5.41, 5.74) is 1.23. The number of nitrogens with one attached hydrogen (secondary N) is 3. The number of anilines is 1. The van der Waals surface area contributed by atoms with Crippen LogP contribution in [0, 0.1) is 0 Å². The highest BCUT2D eigenvalue weighted by Crippen LogP contribution is 2.35. The zero-order valence-electron chi connectivity index (χ0n) is 18.3. The summed E-state index contributed by atoms with van der Waals surface area (Å²) >= 11 is 0. The smallest absolute Gasteiger partial charge is 0.454 e. The van der Waals surface area contributed by atoms with Gasteiger partial charge in [0, 0.05) is 28.7 Å². The third-order valence-corrected chi connectivity index (χ3v) is 5.26. The lowest BCUT2D eigenvalue weighted by molar-refractivity contribution is -0.274. The highest BCUT2D eigenvalue weighted by molar-refractivity contribution is 6.04. The van der Waals surface area contributed by atoms with Crippen LogP contribution in [-0.2, 0) is 11.2 Å². The van der Waals surface area contributed by atoms with Crippen molar-refractivity contribution in [2.24, 2.45) is 0 Å². The van der Waals surface area contributed by atoms with Gasteiger partial charge in [-0.2, -0.15) is 0 Å². The number of rotatable bonds is 6. The normalized spacial score (nSPS) is 11.5. The van der Waals surface area contributed by atoms with Crippen LogP contribution in [0.4, 0.5) is 18.9 Å². The minimum Gasteiger partial charge on any atom is -0.454 e. The van der Waals surface area contributed by atoms with E-state index >= 15 is 0 Å². The van der Waals surface area contributed by atoms with E-state index in [1.807, 2.05) is 12.1 Å². The van der Waals surface area contributed by atoms with E-state index < -0.39 is 23.7 Å². The molecule has 0 bridgehead atoms. The molecule has 0 saturated carbocycles. The van der Waals surface area contributed by atoms with Gasteiger partial charge in [0.1, 0.15) is 17.0 Å². The highest BCUT2D eigenvalue weighted by Gasteiger charge is 2.31. The summed E-state index contributed by atoms with van der Waals surface area (Å²) < 4.78 is 47.5. The number of alkyl halides is 3. The van der Waals surface area contributed by atoms with Gasteiger partial charge in [-0.1, -0.05) is 36.4 Å². The molecule has 0 aliphatic heterocycles. The van der Waals surface area contributed by atoms with Gasteiger partial charge in [-0.05, 0) is 29.8 Å². The van der Waals surface area contributed by atoms with E-state index in [0.717, 1.165) is 0 Å². The van der Waals surface area contributed by atoms with E-state index in [9.17, 15) is 22.8 Å². The van der Waals surface area contributed by atoms with Crippen LogP contribution in [-0.4, -0.2) is 27.2 Å². The third kappa shape index (κ3) is 4.99. The maximum Gasteiger partial charge on any atom is 0.573 e. The molecule has 1 amide bonds. The Bertz CT molecular complexity index is 1640. The maximum atomic E-state index is 12.7. The lowest BCUT2D eigenvalue weighted by atomic mass is 10.1. The van der Waals surface area contributed by atoms with Crippen LogP contribution in [0.25, 0.3) is 21.9 Å². The van der Waals surface area contributed by atoms with Crippen LogP contribution in [0.2, 0.25) is 0 Å². The first-order valence-electron chi connectivity index (χ1n) is 10.7. The van der Waals surface area contributed by atoms with Gasteiger partial charge >= 0.3 is 12.1 Å². The lowest BCUT2D eigenvalue weighted by Crippen LogP contribution is -2.18. The molecular formula is C25H17F3N4O4. The fourth-order valence-corrected chi connectivity index (χ4v) is 3.82. The van der Waals surface area contributed by atoms with Crippen molar-refractivity contribution in [3.63, 3.8) is 0 Å². The van der Waals surface area contributed by atoms with E-state index in [-0.39, 0.29) is 6.42 Å². The van der Waals surface area contributed by atoms with E-state index in [4.69, 9.17) is 4.74 Å². The Balaban J connectivity index is 1.39. The number of halogens is 3. The first-order valence-corrected chi connectivity index (χ1v) is 10.7. The maximum absolute atomic E-state index is 12.7. The van der Waals surface area contributed by atoms with Gasteiger partial charge in [0.05, 0.1) is 6.42 Å². The second-order valence-electron chi connectivity index (χ2n) is 7.79. The minimum atomic E-state index is -4.82. The molecule has 8 nitrogen and oxygen atoms in total. The molecule has 0 aliphatic carbocycles. The fraction of sp³-hybridized carbons (Fsp3) is 0.0800. The van der Waals surface area contributed by atoms with Crippen molar-refractivity contribution < 1.29 is 27.4 Å². The monoisotopic (exact) mass is 494 g/mol. The van der Waals surface area contributed by atoms with E-state index in [1.165, 1.54) is 24.4 Å². The van der Waals surface area contributed by atoms with Gasteiger partial charge in [0.25, 0.3) is 0 Å². The molecule has 2 heterocycles. The molecule has 0 radical (unpaired) electrons. The predicted molar refractivity (Wildman–Crippen MR) is 126 cm³/mol. The van der Waals surface area contributed by atoms with Crippen LogP contribution < -0.4 is 20.5 Å². The Morgan fingerprint density at radius 2 is 1.75 bits per heavy atom. The number of nitrogens with zero attached hydrogens (tertiary/aromatic N) is 1. The molecule has 0 saturated heterocycles. The average Bonchev–Trinajstić information content (AvgIpc) is 3.21. The van der Waals surface area contributed by atoms with Gasteiger partial charge in [-0.25, -0.2) is 9.78 Å². The summed E-state index contributed by atoms with van der Waals surface area (Å²) in [6.07, 6.45) is -3.47. The Labute approximate surface area is 200 Å². The summed E-state index contributed by atoms with van der Waals surface area (Å²) in [5, 5.41) is 4.18. The summed E-state index contributed by atoms with van der Waals surface area (Å²) in [4.78, 5) is 33.7. The van der Waals surface area contributed by atoms with Crippen LogP contribution >= 0.6 is 0 Å². The largest absolute Gasteiger partial charge is 0.573 e. The molecule has 5 rings (SSSR count). The Morgan fingerprint density at radius 1 is 0.944 bits per heavy atom.